The van der Waals surface area contributed by atoms with Crippen LogP contribution in [-0.4, -0.2) is 58.8 Å². The molecule has 1 fully saturated rings. The number of nitrogens with zero attached hydrogens (tertiary/aromatic N) is 1. The maximum Gasteiger partial charge on any atom is 0.357 e. The summed E-state index contributed by atoms with van der Waals surface area (Å²) in [6, 6.07) is 7.16. The number of amides is 1. The van der Waals surface area contributed by atoms with Crippen LogP contribution in [0.4, 0.5) is 0 Å². The quantitative estimate of drug-likeness (QED) is 0.0907. The number of carboxylic acids is 1. The second-order valence-corrected chi connectivity index (χ2v) is 20.0. The summed E-state index contributed by atoms with van der Waals surface area (Å²) >= 11 is 3.78. The number of β-lactam (4-membered cyclic amide) rings is 1. The average molecular weight is 614 g/mol. The van der Waals surface area contributed by atoms with Gasteiger partial charge in [0.1, 0.15) is 5.75 Å². The van der Waals surface area contributed by atoms with Crippen LogP contribution in [0.1, 0.15) is 55.4 Å². The van der Waals surface area contributed by atoms with E-state index in [1.54, 1.807) is 44.7 Å². The van der Waals surface area contributed by atoms with E-state index in [1.807, 2.05) is 32.2 Å². The number of hydrogen-bond acceptors (Lipinski definition) is 8. The Labute approximate surface area is 247 Å². The van der Waals surface area contributed by atoms with Crippen LogP contribution in [0.2, 0.25) is 18.1 Å². The van der Waals surface area contributed by atoms with Gasteiger partial charge in [0.15, 0.2) is 19.1 Å². The highest BCUT2D eigenvalue weighted by atomic mass is 32.2. The number of likely N-dealkylation sites (tertiary alicyclic amines) is 1. The SMILES string of the molecule is CCS[C@@H]1[C@@H]([C@@H](C)O[Si](C)(C)C(C)(C)C)C(=O)N1C(C(=O)O)=C(Oc1ccc(SC)cc1)SC(=O)C(C)(C)C. The first kappa shape index (κ1) is 33.8. The summed E-state index contributed by atoms with van der Waals surface area (Å²) < 4.78 is 12.6. The van der Waals surface area contributed by atoms with Crippen molar-refractivity contribution in [3.63, 3.8) is 0 Å². The van der Waals surface area contributed by atoms with Crippen LogP contribution in [0.25, 0.3) is 0 Å². The molecule has 39 heavy (non-hydrogen) atoms. The summed E-state index contributed by atoms with van der Waals surface area (Å²) in [5.74, 6) is -1.12. The third-order valence-electron chi connectivity index (χ3n) is 6.92. The Bertz CT molecular complexity index is 1090. The lowest BCUT2D eigenvalue weighted by Crippen LogP contribution is -2.64. The van der Waals surface area contributed by atoms with Gasteiger partial charge in [0.05, 0.1) is 17.4 Å². The molecule has 1 aromatic rings. The molecule has 1 heterocycles. The van der Waals surface area contributed by atoms with Gasteiger partial charge >= 0.3 is 5.97 Å². The molecular weight excluding hydrogens is 571 g/mol. The normalized spacial score (nSPS) is 19.8. The van der Waals surface area contributed by atoms with Crippen LogP contribution < -0.4 is 4.74 Å². The highest BCUT2D eigenvalue weighted by Gasteiger charge is 2.56. The molecule has 0 radical (unpaired) electrons. The van der Waals surface area contributed by atoms with E-state index in [2.05, 4.69) is 33.9 Å². The Balaban J connectivity index is 2.56. The van der Waals surface area contributed by atoms with Gasteiger partial charge in [-0.25, -0.2) is 4.79 Å². The maximum atomic E-state index is 13.7. The van der Waals surface area contributed by atoms with Crippen LogP contribution in [0.5, 0.6) is 5.75 Å². The van der Waals surface area contributed by atoms with Crippen molar-refractivity contribution in [1.82, 2.24) is 4.90 Å². The highest BCUT2D eigenvalue weighted by Crippen LogP contribution is 2.46. The van der Waals surface area contributed by atoms with Gasteiger partial charge in [-0.3, -0.25) is 14.5 Å². The number of carboxylic acid groups (broad SMARTS) is 1. The van der Waals surface area contributed by atoms with Crippen LogP contribution in [0.15, 0.2) is 39.9 Å². The van der Waals surface area contributed by atoms with Gasteiger partial charge in [-0.15, -0.1) is 23.5 Å². The van der Waals surface area contributed by atoms with E-state index in [-0.39, 0.29) is 33.0 Å². The number of carbonyl (C=O) groups is 3. The second kappa shape index (κ2) is 13.1. The van der Waals surface area contributed by atoms with E-state index < -0.39 is 31.0 Å². The smallest absolute Gasteiger partial charge is 0.357 e. The van der Waals surface area contributed by atoms with Crippen molar-refractivity contribution in [2.24, 2.45) is 11.3 Å². The molecule has 218 valence electrons. The molecule has 1 aromatic carbocycles. The zero-order valence-electron chi connectivity index (χ0n) is 24.9. The zero-order chi connectivity index (χ0) is 29.9. The molecule has 0 saturated carbocycles. The Morgan fingerprint density at radius 2 is 1.67 bits per heavy atom. The van der Waals surface area contributed by atoms with Gasteiger partial charge < -0.3 is 14.3 Å². The Morgan fingerprint density at radius 1 is 1.10 bits per heavy atom. The van der Waals surface area contributed by atoms with Gasteiger partial charge in [0.2, 0.25) is 11.0 Å². The molecule has 0 aromatic heterocycles. The van der Waals surface area contributed by atoms with Crippen molar-refractivity contribution in [1.29, 1.82) is 0 Å². The first-order valence-electron chi connectivity index (χ1n) is 13.0. The maximum absolute atomic E-state index is 13.7. The van der Waals surface area contributed by atoms with E-state index in [4.69, 9.17) is 9.16 Å². The van der Waals surface area contributed by atoms with Gasteiger partial charge in [-0.1, -0.05) is 48.5 Å². The average Bonchev–Trinajstić information content (AvgIpc) is 2.80. The number of aliphatic carboxylic acids is 1. The fraction of sp³-hybridized carbons (Fsp3) is 0.607. The number of carbonyl (C=O) groups excluding carboxylic acids is 2. The molecule has 3 atom stereocenters. The number of hydrogen-bond donors (Lipinski definition) is 1. The summed E-state index contributed by atoms with van der Waals surface area (Å²) in [6.45, 7) is 19.8. The lowest BCUT2D eigenvalue weighted by molar-refractivity contribution is -0.157. The van der Waals surface area contributed by atoms with E-state index in [0.29, 0.717) is 11.5 Å². The zero-order valence-corrected chi connectivity index (χ0v) is 28.4. The number of thioether (sulfide) groups is 3. The van der Waals surface area contributed by atoms with Crippen LogP contribution in [-0.2, 0) is 18.8 Å². The first-order chi connectivity index (χ1) is 17.9. The van der Waals surface area contributed by atoms with Crippen molar-refractivity contribution in [2.75, 3.05) is 12.0 Å². The lowest BCUT2D eigenvalue weighted by atomic mass is 9.92. The standard InChI is InChI=1S/C28H43NO6S3Si/c1-12-37-23-20(17(2)35-39(10,11)28(6,7)8)22(30)29(23)21(24(31)32)25(38-26(33)27(3,4)5)34-18-13-15-19(36-9)16-14-18/h13-17,20,23H,12H2,1-11H3,(H,31,32)/t17-,20+,23-/m1/s1. The molecule has 0 aliphatic carbocycles. The molecular formula is C28H43NO6S3Si. The van der Waals surface area contributed by atoms with E-state index >= 15 is 0 Å². The van der Waals surface area contributed by atoms with Crippen molar-refractivity contribution < 1.29 is 28.7 Å². The molecule has 2 rings (SSSR count). The topological polar surface area (TPSA) is 93.1 Å². The number of ether oxygens (including phenoxy) is 1. The van der Waals surface area contributed by atoms with Gasteiger partial charge in [-0.05, 0) is 73.1 Å². The minimum atomic E-state index is -2.17. The third-order valence-corrected chi connectivity index (χ3v) is 14.7. The predicted octanol–water partition coefficient (Wildman–Crippen LogP) is 7.29. The molecule has 0 spiro atoms. The molecule has 1 aliphatic rings. The summed E-state index contributed by atoms with van der Waals surface area (Å²) in [7, 11) is -2.17. The van der Waals surface area contributed by atoms with Crippen LogP contribution in [0, 0.1) is 11.3 Å². The lowest BCUT2D eigenvalue weighted by Gasteiger charge is -2.50. The predicted molar refractivity (Wildman–Crippen MR) is 166 cm³/mol. The molecule has 1 saturated heterocycles. The molecule has 1 amide bonds. The number of benzene rings is 1. The fourth-order valence-electron chi connectivity index (χ4n) is 3.61. The van der Waals surface area contributed by atoms with Crippen LogP contribution >= 0.6 is 35.3 Å². The first-order valence-corrected chi connectivity index (χ1v) is 19.0. The highest BCUT2D eigenvalue weighted by molar-refractivity contribution is 8.16. The summed E-state index contributed by atoms with van der Waals surface area (Å²) in [6.07, 6.45) is 1.57. The van der Waals surface area contributed by atoms with Gasteiger partial charge in [0.25, 0.3) is 0 Å². The minimum Gasteiger partial charge on any atom is -0.476 e. The molecule has 7 nitrogen and oxygen atoms in total. The summed E-state index contributed by atoms with van der Waals surface area (Å²) in [5, 5.41) is 9.50. The van der Waals surface area contributed by atoms with E-state index in [1.165, 1.54) is 16.7 Å². The fourth-order valence-corrected chi connectivity index (χ4v) is 7.59. The van der Waals surface area contributed by atoms with Crippen LogP contribution in [0.3, 0.4) is 0 Å². The Hall–Kier alpha value is -1.40. The van der Waals surface area contributed by atoms with Crippen molar-refractivity contribution >= 4 is 60.6 Å². The van der Waals surface area contributed by atoms with Crippen molar-refractivity contribution in [3.8, 4) is 5.75 Å². The van der Waals surface area contributed by atoms with Gasteiger partial charge in [0, 0.05) is 10.3 Å². The van der Waals surface area contributed by atoms with E-state index in [9.17, 15) is 19.5 Å². The summed E-state index contributed by atoms with van der Waals surface area (Å²) in [5.41, 5.74) is -1.07. The molecule has 11 heteroatoms. The number of rotatable bonds is 11. The van der Waals surface area contributed by atoms with E-state index in [0.717, 1.165) is 16.7 Å². The Kier molecular flexibility index (Phi) is 11.3. The third kappa shape index (κ3) is 8.09. The molecule has 0 bridgehead atoms. The molecule has 0 unspecified atom stereocenters. The molecule has 1 N–H and O–H groups in total. The van der Waals surface area contributed by atoms with Crippen molar-refractivity contribution in [2.45, 2.75) is 89.9 Å². The Morgan fingerprint density at radius 3 is 2.10 bits per heavy atom. The monoisotopic (exact) mass is 613 g/mol. The largest absolute Gasteiger partial charge is 0.476 e. The van der Waals surface area contributed by atoms with Crippen molar-refractivity contribution in [3.05, 3.63) is 35.1 Å². The van der Waals surface area contributed by atoms with Gasteiger partial charge in [-0.2, -0.15) is 0 Å². The molecule has 1 aliphatic heterocycles. The summed E-state index contributed by atoms with van der Waals surface area (Å²) in [4.78, 5) is 41.8. The minimum absolute atomic E-state index is 0.0376. The second-order valence-electron chi connectivity index (χ2n) is 12.0.